The number of carbonyl (C=O) groups is 2. The first kappa shape index (κ1) is 26.9. The van der Waals surface area contributed by atoms with Gasteiger partial charge in [0.25, 0.3) is 5.91 Å². The number of nitrogens with one attached hydrogen (secondary N) is 2. The molecule has 190 valence electrons. The van der Waals surface area contributed by atoms with Gasteiger partial charge in [0.2, 0.25) is 0 Å². The monoisotopic (exact) mass is 574 g/mol. The van der Waals surface area contributed by atoms with Gasteiger partial charge in [-0.05, 0) is 79.4 Å². The number of hydrogen-bond acceptors (Lipinski definition) is 6. The van der Waals surface area contributed by atoms with E-state index < -0.39 is 23.2 Å². The summed E-state index contributed by atoms with van der Waals surface area (Å²) in [4.78, 5) is 31.0. The summed E-state index contributed by atoms with van der Waals surface area (Å²) in [5.41, 5.74) is -3.65. The van der Waals surface area contributed by atoms with E-state index in [0.29, 0.717) is 34.6 Å². The fraction of sp³-hybridized carbons (Fsp3) is 0.435. The fourth-order valence-corrected chi connectivity index (χ4v) is 4.15. The minimum absolute atomic E-state index is 0.137. The molecular formula is C23H26BrClF2N4O4. The van der Waals surface area contributed by atoms with E-state index in [2.05, 4.69) is 41.2 Å². The van der Waals surface area contributed by atoms with Gasteiger partial charge in [-0.25, -0.2) is 9.78 Å². The van der Waals surface area contributed by atoms with E-state index in [-0.39, 0.29) is 11.7 Å². The van der Waals surface area contributed by atoms with Crippen LogP contribution in [0.1, 0.15) is 37.6 Å². The predicted octanol–water partition coefficient (Wildman–Crippen LogP) is 5.62. The molecule has 3 rings (SSSR count). The number of aromatic nitrogens is 1. The Labute approximate surface area is 215 Å². The lowest BCUT2D eigenvalue weighted by Crippen LogP contribution is -2.36. The molecule has 1 aliphatic rings. The van der Waals surface area contributed by atoms with Crippen molar-refractivity contribution in [1.82, 2.24) is 10.3 Å². The summed E-state index contributed by atoms with van der Waals surface area (Å²) in [6.45, 7) is 7.39. The number of benzene rings is 1. The van der Waals surface area contributed by atoms with Gasteiger partial charge in [-0.3, -0.25) is 4.79 Å². The Morgan fingerprint density at radius 2 is 1.94 bits per heavy atom. The Morgan fingerprint density at radius 3 is 2.54 bits per heavy atom. The minimum atomic E-state index is -3.81. The van der Waals surface area contributed by atoms with E-state index in [0.717, 1.165) is 13.0 Å². The van der Waals surface area contributed by atoms with Gasteiger partial charge in [-0.15, -0.1) is 8.78 Å². The average Bonchev–Trinajstić information content (AvgIpc) is 3.20. The molecule has 1 aromatic carbocycles. The number of pyridine rings is 1. The maximum absolute atomic E-state index is 12.7. The number of ether oxygens (including phenoxy) is 2. The largest absolute Gasteiger partial charge is 0.487 e. The van der Waals surface area contributed by atoms with Crippen molar-refractivity contribution in [3.05, 3.63) is 46.6 Å². The van der Waals surface area contributed by atoms with Crippen molar-refractivity contribution in [2.75, 3.05) is 29.9 Å². The van der Waals surface area contributed by atoms with Gasteiger partial charge in [-0.1, -0.05) is 0 Å². The highest BCUT2D eigenvalue weighted by Crippen LogP contribution is 2.30. The highest BCUT2D eigenvalue weighted by atomic mass is 79.9. The lowest BCUT2D eigenvalue weighted by molar-refractivity contribution is -0.0964. The van der Waals surface area contributed by atoms with Gasteiger partial charge in [-0.2, -0.15) is 0 Å². The maximum Gasteiger partial charge on any atom is 0.487 e. The number of hydrogen-bond donors (Lipinski definition) is 2. The van der Waals surface area contributed by atoms with Gasteiger partial charge in [0.1, 0.15) is 17.2 Å². The summed E-state index contributed by atoms with van der Waals surface area (Å²) in [6, 6.07) is 7.04. The maximum atomic E-state index is 12.7. The van der Waals surface area contributed by atoms with E-state index in [1.54, 1.807) is 6.07 Å². The lowest BCUT2D eigenvalue weighted by Gasteiger charge is -2.21. The first-order valence-corrected chi connectivity index (χ1v) is 12.0. The molecule has 1 saturated heterocycles. The normalized spacial score (nSPS) is 16.1. The molecule has 2 N–H and O–H groups in total. The Morgan fingerprint density at radius 1 is 1.26 bits per heavy atom. The van der Waals surface area contributed by atoms with Crippen LogP contribution < -0.4 is 20.3 Å². The number of alkyl halides is 3. The zero-order chi connectivity index (χ0) is 25.8. The Hall–Kier alpha value is -2.66. The molecule has 1 aliphatic heterocycles. The smallest absolute Gasteiger partial charge is 0.444 e. The molecule has 0 aliphatic carbocycles. The molecule has 0 bridgehead atoms. The van der Waals surface area contributed by atoms with Crippen LogP contribution in [-0.2, 0) is 4.74 Å². The summed E-state index contributed by atoms with van der Waals surface area (Å²) in [7, 11) is 0. The van der Waals surface area contributed by atoms with E-state index in [1.807, 2.05) is 20.8 Å². The van der Waals surface area contributed by atoms with Crippen molar-refractivity contribution in [3.63, 3.8) is 0 Å². The van der Waals surface area contributed by atoms with Crippen LogP contribution in [0.2, 0.25) is 0 Å². The quantitative estimate of drug-likeness (QED) is 0.417. The minimum Gasteiger partial charge on any atom is -0.444 e. The summed E-state index contributed by atoms with van der Waals surface area (Å²) < 4.78 is 35.6. The number of amides is 2. The molecule has 8 nitrogen and oxygen atoms in total. The van der Waals surface area contributed by atoms with Crippen LogP contribution >= 0.6 is 27.5 Å². The van der Waals surface area contributed by atoms with Crippen molar-refractivity contribution in [3.8, 4) is 5.75 Å². The third-order valence-corrected chi connectivity index (χ3v) is 5.61. The second kappa shape index (κ2) is 10.9. The van der Waals surface area contributed by atoms with E-state index in [4.69, 9.17) is 16.3 Å². The molecule has 1 fully saturated rings. The SMILES string of the molecule is CC(C)(C)OC(=O)NC[C@@H]1CCN(c2ncc(C(=O)Nc3ccc(OC(F)(F)Cl)cc3)cc2Br)C1. The average molecular weight is 576 g/mol. The van der Waals surface area contributed by atoms with Crippen molar-refractivity contribution >= 4 is 51.0 Å². The second-order valence-electron chi connectivity index (χ2n) is 9.04. The number of halogens is 4. The zero-order valence-electron chi connectivity index (χ0n) is 19.4. The van der Waals surface area contributed by atoms with Crippen LogP contribution in [0.25, 0.3) is 0 Å². The summed E-state index contributed by atoms with van der Waals surface area (Å²) in [5.74, 6) is 0.388. The van der Waals surface area contributed by atoms with Crippen molar-refractivity contribution < 1.29 is 27.8 Å². The molecule has 35 heavy (non-hydrogen) atoms. The fourth-order valence-electron chi connectivity index (χ4n) is 3.46. The Bertz CT molecular complexity index is 1060. The number of rotatable bonds is 7. The zero-order valence-corrected chi connectivity index (χ0v) is 21.8. The first-order chi connectivity index (χ1) is 16.3. The number of alkyl carbamates (subject to hydrolysis) is 1. The summed E-state index contributed by atoms with van der Waals surface area (Å²) in [5, 5.41) is 5.48. The summed E-state index contributed by atoms with van der Waals surface area (Å²) >= 11 is 8.23. The molecule has 0 saturated carbocycles. The Kier molecular flexibility index (Phi) is 8.42. The van der Waals surface area contributed by atoms with Gasteiger partial charge in [0, 0.05) is 43.1 Å². The van der Waals surface area contributed by atoms with Gasteiger partial charge in [0.15, 0.2) is 0 Å². The second-order valence-corrected chi connectivity index (χ2v) is 10.3. The van der Waals surface area contributed by atoms with Crippen LogP contribution in [0.15, 0.2) is 41.0 Å². The Balaban J connectivity index is 1.55. The molecule has 2 amide bonds. The van der Waals surface area contributed by atoms with Gasteiger partial charge in [0.05, 0.1) is 10.0 Å². The van der Waals surface area contributed by atoms with E-state index >= 15 is 0 Å². The van der Waals surface area contributed by atoms with Crippen molar-refractivity contribution in [2.45, 2.75) is 38.4 Å². The first-order valence-electron chi connectivity index (χ1n) is 10.8. The lowest BCUT2D eigenvalue weighted by atomic mass is 10.1. The van der Waals surface area contributed by atoms with E-state index in [9.17, 15) is 18.4 Å². The number of anilines is 2. The molecule has 12 heteroatoms. The molecule has 1 atom stereocenters. The van der Waals surface area contributed by atoms with Crippen LogP contribution in [0.5, 0.6) is 5.75 Å². The molecule has 0 spiro atoms. The van der Waals surface area contributed by atoms with Gasteiger partial charge < -0.3 is 25.0 Å². The van der Waals surface area contributed by atoms with Crippen molar-refractivity contribution in [2.24, 2.45) is 5.92 Å². The third kappa shape index (κ3) is 8.50. The predicted molar refractivity (Wildman–Crippen MR) is 132 cm³/mol. The van der Waals surface area contributed by atoms with Crippen LogP contribution in [-0.4, -0.2) is 47.8 Å². The van der Waals surface area contributed by atoms with Crippen molar-refractivity contribution in [1.29, 1.82) is 0 Å². The van der Waals surface area contributed by atoms with Crippen LogP contribution in [0.3, 0.4) is 0 Å². The molecule has 0 radical (unpaired) electrons. The van der Waals surface area contributed by atoms with E-state index in [1.165, 1.54) is 30.5 Å². The molecule has 2 aromatic rings. The van der Waals surface area contributed by atoms with Crippen LogP contribution in [0, 0.1) is 5.92 Å². The molecular weight excluding hydrogens is 550 g/mol. The highest BCUT2D eigenvalue weighted by molar-refractivity contribution is 9.10. The third-order valence-electron chi connectivity index (χ3n) is 4.95. The van der Waals surface area contributed by atoms with Gasteiger partial charge >= 0.3 is 11.7 Å². The summed E-state index contributed by atoms with van der Waals surface area (Å²) in [6.07, 6.45) is 1.90. The standard InChI is InChI=1S/C23H26BrClF2N4O4/c1-22(2,3)35-21(33)29-11-14-8-9-31(13-14)19-18(24)10-15(12-28-19)20(32)30-16-4-6-17(7-5-16)34-23(25,26)27/h4-7,10,12,14H,8-9,11,13H2,1-3H3,(H,29,33)(H,30,32)/t14-/m0/s1. The highest BCUT2D eigenvalue weighted by Gasteiger charge is 2.28. The topological polar surface area (TPSA) is 92.8 Å². The molecule has 2 heterocycles. The molecule has 1 aromatic heterocycles. The number of nitrogens with zero attached hydrogens (tertiary/aromatic N) is 2. The molecule has 0 unspecified atom stereocenters. The number of carbonyl (C=O) groups excluding carboxylic acids is 2. The van der Waals surface area contributed by atoms with Crippen LogP contribution in [0.4, 0.5) is 25.1 Å².